The number of hydrogen-bond acceptors (Lipinski definition) is 4. The number of carbonyl (C=O) groups excluding carboxylic acids is 3. The monoisotopic (exact) mass is 375 g/mol. The topological polar surface area (TPSA) is 91.7 Å². The van der Waals surface area contributed by atoms with Gasteiger partial charge in [-0.25, -0.2) is 0 Å². The fourth-order valence-corrected chi connectivity index (χ4v) is 3.16. The summed E-state index contributed by atoms with van der Waals surface area (Å²) in [5.41, 5.74) is 0.957. The van der Waals surface area contributed by atoms with Gasteiger partial charge in [0.15, 0.2) is 5.76 Å². The predicted octanol–water partition coefficient (Wildman–Crippen LogP) is 3.13. The molecular formula is C18H18ClN3O4. The van der Waals surface area contributed by atoms with Crippen LogP contribution < -0.4 is 10.6 Å². The molecule has 0 saturated carbocycles. The van der Waals surface area contributed by atoms with Crippen LogP contribution >= 0.6 is 11.6 Å². The first-order valence-corrected chi connectivity index (χ1v) is 8.56. The summed E-state index contributed by atoms with van der Waals surface area (Å²) in [5, 5.41) is 5.69. The van der Waals surface area contributed by atoms with Crippen molar-refractivity contribution in [1.29, 1.82) is 0 Å². The molecule has 0 unspecified atom stereocenters. The summed E-state index contributed by atoms with van der Waals surface area (Å²) in [5.74, 6) is -0.605. The van der Waals surface area contributed by atoms with Gasteiger partial charge in [-0.2, -0.15) is 0 Å². The van der Waals surface area contributed by atoms with Crippen LogP contribution in [0.1, 0.15) is 30.3 Å². The summed E-state index contributed by atoms with van der Waals surface area (Å²) in [4.78, 5) is 37.7. The fraction of sp³-hybridized carbons (Fsp3) is 0.278. The lowest BCUT2D eigenvalue weighted by molar-refractivity contribution is -0.119. The highest BCUT2D eigenvalue weighted by molar-refractivity contribution is 6.34. The molecule has 1 fully saturated rings. The minimum Gasteiger partial charge on any atom is -0.459 e. The van der Waals surface area contributed by atoms with Crippen molar-refractivity contribution in [3.05, 3.63) is 47.4 Å². The third kappa shape index (κ3) is 3.88. The zero-order valence-corrected chi connectivity index (χ0v) is 14.9. The van der Waals surface area contributed by atoms with Gasteiger partial charge >= 0.3 is 0 Å². The average molecular weight is 376 g/mol. The number of amides is 3. The molecule has 1 aliphatic heterocycles. The van der Waals surface area contributed by atoms with Gasteiger partial charge in [-0.1, -0.05) is 11.6 Å². The molecule has 3 rings (SSSR count). The Hall–Kier alpha value is -2.80. The van der Waals surface area contributed by atoms with E-state index in [0.717, 1.165) is 6.42 Å². The number of anilines is 2. The third-order valence-corrected chi connectivity index (χ3v) is 4.41. The van der Waals surface area contributed by atoms with E-state index in [1.807, 2.05) is 0 Å². The van der Waals surface area contributed by atoms with Gasteiger partial charge in [0.25, 0.3) is 5.91 Å². The van der Waals surface area contributed by atoms with Gasteiger partial charge in [-0.15, -0.1) is 0 Å². The van der Waals surface area contributed by atoms with Crippen molar-refractivity contribution in [2.75, 3.05) is 17.2 Å². The summed E-state index contributed by atoms with van der Waals surface area (Å²) >= 11 is 6.12. The molecule has 1 atom stereocenters. The maximum absolute atomic E-state index is 12.6. The standard InChI is InChI=1S/C18H18ClN3O4/c1-11(23)20-14-7-6-12(10-13(14)19)21-17(24)15-4-2-8-22(15)18(25)16-5-3-9-26-16/h3,5-7,9-10,15H,2,4,8H2,1H3,(H,20,23)(H,21,24)/t15-/m0/s1. The zero-order valence-electron chi connectivity index (χ0n) is 14.1. The second-order valence-corrected chi connectivity index (χ2v) is 6.41. The van der Waals surface area contributed by atoms with Crippen LogP contribution in [0.2, 0.25) is 5.02 Å². The van der Waals surface area contributed by atoms with Crippen LogP contribution in [0.5, 0.6) is 0 Å². The van der Waals surface area contributed by atoms with Gasteiger partial charge in [0.2, 0.25) is 11.8 Å². The lowest BCUT2D eigenvalue weighted by Gasteiger charge is -2.23. The number of halogens is 1. The van der Waals surface area contributed by atoms with Crippen LogP contribution in [0.3, 0.4) is 0 Å². The summed E-state index contributed by atoms with van der Waals surface area (Å²) in [6.45, 7) is 1.89. The van der Waals surface area contributed by atoms with Crippen LogP contribution in [0, 0.1) is 0 Å². The van der Waals surface area contributed by atoms with Gasteiger partial charge in [0.05, 0.1) is 17.0 Å². The first-order chi connectivity index (χ1) is 12.5. The SMILES string of the molecule is CC(=O)Nc1ccc(NC(=O)[C@@H]2CCCN2C(=O)c2ccco2)cc1Cl. The first kappa shape index (κ1) is 18.0. The molecule has 2 aromatic rings. The number of likely N-dealkylation sites (tertiary alicyclic amines) is 1. The zero-order chi connectivity index (χ0) is 18.7. The summed E-state index contributed by atoms with van der Waals surface area (Å²) in [7, 11) is 0. The number of carbonyl (C=O) groups is 3. The number of benzene rings is 1. The number of rotatable bonds is 4. The Balaban J connectivity index is 1.70. The normalized spacial score (nSPS) is 16.4. The van der Waals surface area contributed by atoms with E-state index in [-0.39, 0.29) is 23.5 Å². The maximum Gasteiger partial charge on any atom is 0.290 e. The van der Waals surface area contributed by atoms with Crippen molar-refractivity contribution in [2.24, 2.45) is 0 Å². The predicted molar refractivity (Wildman–Crippen MR) is 97.2 cm³/mol. The molecule has 1 saturated heterocycles. The summed E-state index contributed by atoms with van der Waals surface area (Å²) in [6, 6.07) is 7.45. The number of nitrogens with one attached hydrogen (secondary N) is 2. The molecule has 0 spiro atoms. The lowest BCUT2D eigenvalue weighted by Crippen LogP contribution is -2.43. The van der Waals surface area contributed by atoms with Crippen molar-refractivity contribution in [1.82, 2.24) is 4.90 Å². The Morgan fingerprint density at radius 3 is 2.69 bits per heavy atom. The molecule has 2 heterocycles. The highest BCUT2D eigenvalue weighted by Crippen LogP contribution is 2.27. The first-order valence-electron chi connectivity index (χ1n) is 8.18. The van der Waals surface area contributed by atoms with Gasteiger partial charge < -0.3 is 20.0 Å². The molecule has 2 N–H and O–H groups in total. The Kier molecular flexibility index (Phi) is 5.27. The van der Waals surface area contributed by atoms with Crippen molar-refractivity contribution in [3.8, 4) is 0 Å². The van der Waals surface area contributed by atoms with Crippen molar-refractivity contribution < 1.29 is 18.8 Å². The van der Waals surface area contributed by atoms with E-state index < -0.39 is 6.04 Å². The molecule has 26 heavy (non-hydrogen) atoms. The molecule has 0 radical (unpaired) electrons. The van der Waals surface area contributed by atoms with E-state index in [0.29, 0.717) is 29.4 Å². The van der Waals surface area contributed by atoms with E-state index in [2.05, 4.69) is 10.6 Å². The molecule has 7 nitrogen and oxygen atoms in total. The second kappa shape index (κ2) is 7.61. The van der Waals surface area contributed by atoms with E-state index in [4.69, 9.17) is 16.0 Å². The summed E-state index contributed by atoms with van der Waals surface area (Å²) in [6.07, 6.45) is 2.75. The minimum absolute atomic E-state index is 0.215. The van der Waals surface area contributed by atoms with Crippen molar-refractivity contribution >= 4 is 40.7 Å². The minimum atomic E-state index is -0.568. The van der Waals surface area contributed by atoms with Gasteiger partial charge in [0.1, 0.15) is 6.04 Å². The van der Waals surface area contributed by atoms with Crippen LogP contribution in [0.15, 0.2) is 41.0 Å². The summed E-state index contributed by atoms with van der Waals surface area (Å²) < 4.78 is 5.14. The Morgan fingerprint density at radius 2 is 2.04 bits per heavy atom. The van der Waals surface area contributed by atoms with E-state index >= 15 is 0 Å². The molecule has 0 bridgehead atoms. The highest BCUT2D eigenvalue weighted by atomic mass is 35.5. The highest BCUT2D eigenvalue weighted by Gasteiger charge is 2.35. The van der Waals surface area contributed by atoms with Gasteiger partial charge in [0, 0.05) is 19.2 Å². The molecule has 1 aromatic carbocycles. The largest absolute Gasteiger partial charge is 0.459 e. The van der Waals surface area contributed by atoms with Gasteiger partial charge in [-0.05, 0) is 43.2 Å². The van der Waals surface area contributed by atoms with Crippen molar-refractivity contribution in [2.45, 2.75) is 25.8 Å². The quantitative estimate of drug-likeness (QED) is 0.858. The number of nitrogens with zero attached hydrogens (tertiary/aromatic N) is 1. The van der Waals surface area contributed by atoms with Crippen LogP contribution in [-0.2, 0) is 9.59 Å². The Labute approximate surface area is 155 Å². The third-order valence-electron chi connectivity index (χ3n) is 4.10. The smallest absolute Gasteiger partial charge is 0.290 e. The fourth-order valence-electron chi connectivity index (χ4n) is 2.93. The van der Waals surface area contributed by atoms with E-state index in [1.165, 1.54) is 18.1 Å². The van der Waals surface area contributed by atoms with Crippen LogP contribution in [0.25, 0.3) is 0 Å². The number of furan rings is 1. The van der Waals surface area contributed by atoms with Crippen LogP contribution in [-0.4, -0.2) is 35.2 Å². The molecule has 1 aliphatic rings. The molecule has 8 heteroatoms. The molecule has 136 valence electrons. The van der Waals surface area contributed by atoms with Gasteiger partial charge in [-0.3, -0.25) is 14.4 Å². The molecular weight excluding hydrogens is 358 g/mol. The van der Waals surface area contributed by atoms with E-state index in [9.17, 15) is 14.4 Å². The Morgan fingerprint density at radius 1 is 1.23 bits per heavy atom. The van der Waals surface area contributed by atoms with Crippen LogP contribution in [0.4, 0.5) is 11.4 Å². The number of hydrogen-bond donors (Lipinski definition) is 2. The second-order valence-electron chi connectivity index (χ2n) is 6.00. The lowest BCUT2D eigenvalue weighted by atomic mass is 10.2. The molecule has 0 aliphatic carbocycles. The van der Waals surface area contributed by atoms with Crippen molar-refractivity contribution in [3.63, 3.8) is 0 Å². The molecule has 3 amide bonds. The average Bonchev–Trinajstić information content (AvgIpc) is 3.28. The Bertz CT molecular complexity index is 835. The molecule has 1 aromatic heterocycles. The maximum atomic E-state index is 12.6. The van der Waals surface area contributed by atoms with E-state index in [1.54, 1.807) is 30.3 Å².